The number of carbonyl (C=O) groups is 2. The molecule has 8 nitrogen and oxygen atoms in total. The zero-order valence-electron chi connectivity index (χ0n) is 21.6. The van der Waals surface area contributed by atoms with Crippen molar-refractivity contribution in [1.82, 2.24) is 9.80 Å². The summed E-state index contributed by atoms with van der Waals surface area (Å²) in [5.74, 6) is 2.67. The van der Waals surface area contributed by atoms with Gasteiger partial charge in [-0.15, -0.1) is 0 Å². The first kappa shape index (κ1) is 26.6. The van der Waals surface area contributed by atoms with Crippen molar-refractivity contribution in [3.63, 3.8) is 0 Å². The van der Waals surface area contributed by atoms with Crippen LogP contribution in [0.2, 0.25) is 0 Å². The van der Waals surface area contributed by atoms with Gasteiger partial charge in [0.1, 0.15) is 11.5 Å². The van der Waals surface area contributed by atoms with Crippen molar-refractivity contribution in [3.8, 4) is 11.5 Å². The molecule has 2 heterocycles. The number of amides is 2. The summed E-state index contributed by atoms with van der Waals surface area (Å²) >= 11 is 0. The first-order valence-corrected chi connectivity index (χ1v) is 12.2. The molecule has 0 saturated carbocycles. The van der Waals surface area contributed by atoms with Crippen molar-refractivity contribution in [2.45, 2.75) is 60.5 Å². The van der Waals surface area contributed by atoms with Crippen LogP contribution in [0, 0.1) is 12.3 Å². The molecule has 0 unspecified atom stereocenters. The van der Waals surface area contributed by atoms with E-state index >= 15 is 0 Å². The molecular weight excluding hydrogens is 448 g/mol. The fourth-order valence-corrected chi connectivity index (χ4v) is 3.87. The van der Waals surface area contributed by atoms with Crippen LogP contribution in [0.5, 0.6) is 11.5 Å². The van der Waals surface area contributed by atoms with Crippen molar-refractivity contribution in [2.24, 2.45) is 5.41 Å². The molecule has 0 aliphatic carbocycles. The fraction of sp³-hybridized carbons (Fsp3) is 0.556. The quantitative estimate of drug-likeness (QED) is 0.410. The Morgan fingerprint density at radius 3 is 2.46 bits per heavy atom. The molecule has 3 rings (SSSR count). The lowest BCUT2D eigenvalue weighted by Gasteiger charge is -2.29. The van der Waals surface area contributed by atoms with Gasteiger partial charge in [-0.1, -0.05) is 26.8 Å². The number of benzene rings is 1. The van der Waals surface area contributed by atoms with E-state index in [2.05, 4.69) is 0 Å². The molecule has 0 spiro atoms. The number of ether oxygens (including phenoxy) is 3. The lowest BCUT2D eigenvalue weighted by Crippen LogP contribution is -2.44. The van der Waals surface area contributed by atoms with Crippen LogP contribution in [0.15, 0.2) is 34.7 Å². The van der Waals surface area contributed by atoms with Crippen LogP contribution in [-0.2, 0) is 27.4 Å². The summed E-state index contributed by atoms with van der Waals surface area (Å²) in [7, 11) is 0. The van der Waals surface area contributed by atoms with Crippen molar-refractivity contribution < 1.29 is 28.2 Å². The zero-order valence-corrected chi connectivity index (χ0v) is 21.6. The number of aryl methyl sites for hydroxylation is 1. The Labute approximate surface area is 208 Å². The molecule has 0 radical (unpaired) electrons. The van der Waals surface area contributed by atoms with Crippen LogP contribution in [0.3, 0.4) is 0 Å². The molecule has 0 N–H and O–H groups in total. The first-order chi connectivity index (χ1) is 16.6. The summed E-state index contributed by atoms with van der Waals surface area (Å²) in [4.78, 5) is 30.0. The Morgan fingerprint density at radius 2 is 1.77 bits per heavy atom. The average Bonchev–Trinajstić information content (AvgIpc) is 3.42. The average molecular weight is 487 g/mol. The minimum absolute atomic E-state index is 0.00524. The molecule has 0 saturated heterocycles. The Morgan fingerprint density at radius 1 is 1.00 bits per heavy atom. The molecule has 192 valence electrons. The van der Waals surface area contributed by atoms with Crippen LogP contribution < -0.4 is 9.47 Å². The minimum Gasteiger partial charge on any atom is -0.464 e. The number of hydrogen-bond donors (Lipinski definition) is 0. The molecule has 1 aliphatic rings. The van der Waals surface area contributed by atoms with Gasteiger partial charge in [0.05, 0.1) is 13.1 Å². The van der Waals surface area contributed by atoms with Gasteiger partial charge in [-0.25, -0.2) is 0 Å². The van der Waals surface area contributed by atoms with Gasteiger partial charge in [0.15, 0.2) is 11.5 Å². The number of carbonyl (C=O) groups excluding carboxylic acids is 2. The van der Waals surface area contributed by atoms with E-state index in [9.17, 15) is 9.59 Å². The molecule has 2 aromatic rings. The number of furan rings is 1. The summed E-state index contributed by atoms with van der Waals surface area (Å²) in [6, 6.07) is 9.42. The Bertz CT molecular complexity index is 994. The largest absolute Gasteiger partial charge is 0.464 e. The van der Waals surface area contributed by atoms with Gasteiger partial charge in [0.25, 0.3) is 0 Å². The smallest absolute Gasteiger partial charge is 0.242 e. The molecule has 0 bridgehead atoms. The minimum atomic E-state index is -0.170. The molecule has 0 atom stereocenters. The number of nitrogens with zero attached hydrogens (tertiary/aromatic N) is 2. The van der Waals surface area contributed by atoms with Crippen molar-refractivity contribution in [3.05, 3.63) is 47.4 Å². The Kier molecular flexibility index (Phi) is 9.20. The van der Waals surface area contributed by atoms with Gasteiger partial charge >= 0.3 is 0 Å². The van der Waals surface area contributed by atoms with Crippen LogP contribution >= 0.6 is 0 Å². The lowest BCUT2D eigenvalue weighted by molar-refractivity contribution is -0.142. The summed E-state index contributed by atoms with van der Waals surface area (Å²) in [5.41, 5.74) is 0.741. The van der Waals surface area contributed by atoms with E-state index in [0.29, 0.717) is 62.9 Å². The van der Waals surface area contributed by atoms with Crippen molar-refractivity contribution >= 4 is 11.8 Å². The molecule has 2 amide bonds. The molecule has 1 aromatic heterocycles. The fourth-order valence-electron chi connectivity index (χ4n) is 3.87. The van der Waals surface area contributed by atoms with E-state index in [1.807, 2.05) is 65.0 Å². The summed E-state index contributed by atoms with van der Waals surface area (Å²) < 4.78 is 22.1. The second kappa shape index (κ2) is 12.1. The van der Waals surface area contributed by atoms with Gasteiger partial charge in [-0.05, 0) is 55.5 Å². The highest BCUT2D eigenvalue weighted by Gasteiger charge is 2.26. The van der Waals surface area contributed by atoms with Crippen LogP contribution in [-0.4, -0.2) is 54.7 Å². The summed E-state index contributed by atoms with van der Waals surface area (Å²) in [6.45, 7) is 12.4. The van der Waals surface area contributed by atoms with E-state index in [1.54, 1.807) is 9.80 Å². The molecule has 1 aromatic carbocycles. The van der Waals surface area contributed by atoms with Crippen LogP contribution in [0.1, 0.15) is 57.6 Å². The second-order valence-electron chi connectivity index (χ2n) is 10.1. The first-order valence-electron chi connectivity index (χ1n) is 12.2. The van der Waals surface area contributed by atoms with Gasteiger partial charge in [-0.3, -0.25) is 9.59 Å². The summed E-state index contributed by atoms with van der Waals surface area (Å²) in [5, 5.41) is 0. The number of hydrogen-bond acceptors (Lipinski definition) is 6. The van der Waals surface area contributed by atoms with E-state index in [1.165, 1.54) is 0 Å². The topological polar surface area (TPSA) is 81.5 Å². The predicted octanol–water partition coefficient (Wildman–Crippen LogP) is 4.54. The van der Waals surface area contributed by atoms with Gasteiger partial charge in [0, 0.05) is 32.7 Å². The highest BCUT2D eigenvalue weighted by atomic mass is 16.7. The van der Waals surface area contributed by atoms with Crippen LogP contribution in [0.25, 0.3) is 0 Å². The number of rotatable bonds is 12. The molecule has 8 heteroatoms. The van der Waals surface area contributed by atoms with Crippen molar-refractivity contribution in [1.29, 1.82) is 0 Å². The van der Waals surface area contributed by atoms with Gasteiger partial charge < -0.3 is 28.4 Å². The molecule has 1 aliphatic heterocycles. The van der Waals surface area contributed by atoms with E-state index in [4.69, 9.17) is 18.6 Å². The Balaban J connectivity index is 1.76. The number of fused-ring (bicyclic) bond motifs is 1. The molecule has 35 heavy (non-hydrogen) atoms. The van der Waals surface area contributed by atoms with E-state index in [0.717, 1.165) is 11.3 Å². The third-order valence-electron chi connectivity index (χ3n) is 5.59. The predicted molar refractivity (Wildman–Crippen MR) is 132 cm³/mol. The lowest BCUT2D eigenvalue weighted by atomic mass is 9.91. The van der Waals surface area contributed by atoms with Crippen LogP contribution in [0.4, 0.5) is 0 Å². The highest BCUT2D eigenvalue weighted by molar-refractivity contribution is 5.85. The monoisotopic (exact) mass is 486 g/mol. The third-order valence-corrected chi connectivity index (χ3v) is 5.59. The molecule has 0 fully saturated rings. The van der Waals surface area contributed by atoms with Gasteiger partial charge in [0.2, 0.25) is 18.6 Å². The zero-order chi connectivity index (χ0) is 25.4. The maximum atomic E-state index is 13.6. The SMILES string of the molecule is CCOCCCN(CC(=O)N(Cc1ccc2c(c1)OCO2)Cc1ccc(C)o1)C(=O)CC(C)(C)C. The van der Waals surface area contributed by atoms with Crippen molar-refractivity contribution in [2.75, 3.05) is 33.1 Å². The standard InChI is InChI=1S/C27H38N2O6/c1-6-32-13-7-12-28(25(30)15-27(3,4)5)18-26(31)29(17-22-10-8-20(2)35-22)16-21-9-11-23-24(14-21)34-19-33-23/h8-11,14H,6-7,12-13,15-19H2,1-5H3. The maximum absolute atomic E-state index is 13.6. The maximum Gasteiger partial charge on any atom is 0.242 e. The van der Waals surface area contributed by atoms with E-state index in [-0.39, 0.29) is 30.6 Å². The van der Waals surface area contributed by atoms with Gasteiger partial charge in [-0.2, -0.15) is 0 Å². The summed E-state index contributed by atoms with van der Waals surface area (Å²) in [6.07, 6.45) is 1.05. The third kappa shape index (κ3) is 8.31. The normalized spacial score (nSPS) is 12.6. The highest BCUT2D eigenvalue weighted by Crippen LogP contribution is 2.33. The Hall–Kier alpha value is -3.00. The second-order valence-corrected chi connectivity index (χ2v) is 10.1. The van der Waals surface area contributed by atoms with E-state index < -0.39 is 0 Å². The molecular formula is C27H38N2O6.